The zero-order valence-electron chi connectivity index (χ0n) is 14.1. The fourth-order valence-electron chi connectivity index (χ4n) is 2.32. The van der Waals surface area contributed by atoms with Crippen LogP contribution in [0.25, 0.3) is 0 Å². The number of amides is 1. The van der Waals surface area contributed by atoms with E-state index < -0.39 is 4.92 Å². The largest absolute Gasteiger partial charge is 0.495 e. The molecule has 0 spiro atoms. The van der Waals surface area contributed by atoms with E-state index in [2.05, 4.69) is 11.9 Å². The lowest BCUT2D eigenvalue weighted by Crippen LogP contribution is -2.32. The maximum atomic E-state index is 12.4. The molecule has 2 rings (SSSR count). The Morgan fingerprint density at radius 1 is 1.46 bits per heavy atom. The second-order valence-corrected chi connectivity index (χ2v) is 7.15. The van der Waals surface area contributed by atoms with Gasteiger partial charge in [0.05, 0.1) is 28.6 Å². The van der Waals surface area contributed by atoms with Crippen LogP contribution < -0.4 is 10.1 Å². The third kappa shape index (κ3) is 5.55. The van der Waals surface area contributed by atoms with Crippen LogP contribution in [0.3, 0.4) is 0 Å². The van der Waals surface area contributed by atoms with E-state index in [0.717, 1.165) is 4.88 Å². The molecule has 2 aromatic rings. The molecule has 9 heteroatoms. The van der Waals surface area contributed by atoms with Gasteiger partial charge < -0.3 is 10.1 Å². The van der Waals surface area contributed by atoms with Gasteiger partial charge in [-0.05, 0) is 18.2 Å². The summed E-state index contributed by atoms with van der Waals surface area (Å²) in [7, 11) is 1.43. The Labute approximate surface area is 160 Å². The second kappa shape index (κ2) is 9.33. The fourth-order valence-corrected chi connectivity index (χ4v) is 3.45. The van der Waals surface area contributed by atoms with Crippen LogP contribution in [0.1, 0.15) is 4.88 Å². The Kier molecular flexibility index (Phi) is 7.14. The topological polar surface area (TPSA) is 84.7 Å². The highest BCUT2D eigenvalue weighted by atomic mass is 35.5. The number of ether oxygens (including phenoxy) is 1. The number of hydrogen-bond donors (Lipinski definition) is 1. The second-order valence-electron chi connectivity index (χ2n) is 5.35. The van der Waals surface area contributed by atoms with Crippen LogP contribution in [-0.2, 0) is 11.3 Å². The van der Waals surface area contributed by atoms with Crippen molar-refractivity contribution < 1.29 is 14.5 Å². The standard InChI is InChI=1S/C17H18ClN3O4S/c1-3-8-20(10-13-5-7-16(18)26-13)11-17(22)19-14-9-12(21(23)24)4-6-15(14)25-2/h3-7,9H,1,8,10-11H2,2H3,(H,19,22). The molecule has 1 aromatic carbocycles. The number of non-ortho nitro benzene ring substituents is 1. The third-order valence-corrected chi connectivity index (χ3v) is 4.65. The molecule has 0 unspecified atom stereocenters. The van der Waals surface area contributed by atoms with Gasteiger partial charge in [0.1, 0.15) is 5.75 Å². The number of nitrogens with one attached hydrogen (secondary N) is 1. The lowest BCUT2D eigenvalue weighted by atomic mass is 10.2. The summed E-state index contributed by atoms with van der Waals surface area (Å²) >= 11 is 7.39. The molecule has 1 amide bonds. The number of thiophene rings is 1. The van der Waals surface area contributed by atoms with Gasteiger partial charge >= 0.3 is 0 Å². The van der Waals surface area contributed by atoms with Crippen molar-refractivity contribution in [3.05, 3.63) is 62.3 Å². The smallest absolute Gasteiger partial charge is 0.271 e. The Bertz CT molecular complexity index is 809. The van der Waals surface area contributed by atoms with E-state index in [4.69, 9.17) is 16.3 Å². The van der Waals surface area contributed by atoms with Gasteiger partial charge in [0, 0.05) is 30.1 Å². The van der Waals surface area contributed by atoms with Crippen molar-refractivity contribution in [3.63, 3.8) is 0 Å². The number of carbonyl (C=O) groups is 1. The monoisotopic (exact) mass is 395 g/mol. The van der Waals surface area contributed by atoms with Gasteiger partial charge in [-0.1, -0.05) is 17.7 Å². The maximum absolute atomic E-state index is 12.4. The van der Waals surface area contributed by atoms with Crippen LogP contribution in [0.5, 0.6) is 5.75 Å². The molecule has 7 nitrogen and oxygen atoms in total. The summed E-state index contributed by atoms with van der Waals surface area (Å²) in [5, 5.41) is 13.6. The number of methoxy groups -OCH3 is 1. The average Bonchev–Trinajstić information content (AvgIpc) is 2.99. The SMILES string of the molecule is C=CCN(CC(=O)Nc1cc([N+](=O)[O-])ccc1OC)Cc1ccc(Cl)s1. The molecule has 0 fully saturated rings. The summed E-state index contributed by atoms with van der Waals surface area (Å²) in [6.45, 7) is 4.85. The number of hydrogen-bond acceptors (Lipinski definition) is 6. The molecule has 1 N–H and O–H groups in total. The normalized spacial score (nSPS) is 10.6. The first-order chi connectivity index (χ1) is 12.4. The third-order valence-electron chi connectivity index (χ3n) is 3.43. The van der Waals surface area contributed by atoms with Crippen molar-refractivity contribution in [3.8, 4) is 5.75 Å². The predicted octanol–water partition coefficient (Wildman–Crippen LogP) is 3.95. The molecule has 1 heterocycles. The van der Waals surface area contributed by atoms with Crippen LogP contribution in [0.4, 0.5) is 11.4 Å². The van der Waals surface area contributed by atoms with Crippen molar-refractivity contribution in [2.24, 2.45) is 0 Å². The van der Waals surface area contributed by atoms with E-state index in [1.807, 2.05) is 17.0 Å². The van der Waals surface area contributed by atoms with E-state index in [1.54, 1.807) is 6.08 Å². The minimum absolute atomic E-state index is 0.0907. The quantitative estimate of drug-likeness (QED) is 0.395. The number of carbonyl (C=O) groups excluding carboxylic acids is 1. The van der Waals surface area contributed by atoms with Crippen molar-refractivity contribution in [1.82, 2.24) is 4.90 Å². The molecule has 0 radical (unpaired) electrons. The molecule has 0 aliphatic rings. The van der Waals surface area contributed by atoms with Gasteiger partial charge in [0.25, 0.3) is 5.69 Å². The van der Waals surface area contributed by atoms with E-state index >= 15 is 0 Å². The zero-order chi connectivity index (χ0) is 19.1. The van der Waals surface area contributed by atoms with Crippen molar-refractivity contribution >= 4 is 40.2 Å². The van der Waals surface area contributed by atoms with E-state index in [-0.39, 0.29) is 23.8 Å². The van der Waals surface area contributed by atoms with Crippen LogP contribution in [0.15, 0.2) is 43.0 Å². The number of rotatable bonds is 9. The van der Waals surface area contributed by atoms with Gasteiger partial charge in [-0.15, -0.1) is 17.9 Å². The van der Waals surface area contributed by atoms with E-state index in [1.165, 1.54) is 36.6 Å². The molecular weight excluding hydrogens is 378 g/mol. The Balaban J connectivity index is 2.08. The minimum atomic E-state index is -0.528. The summed E-state index contributed by atoms with van der Waals surface area (Å²) in [6.07, 6.45) is 1.70. The summed E-state index contributed by atoms with van der Waals surface area (Å²) in [6, 6.07) is 7.75. The maximum Gasteiger partial charge on any atom is 0.271 e. The molecule has 0 aliphatic heterocycles. The Morgan fingerprint density at radius 2 is 2.23 bits per heavy atom. The number of halogens is 1. The molecule has 26 heavy (non-hydrogen) atoms. The minimum Gasteiger partial charge on any atom is -0.495 e. The van der Waals surface area contributed by atoms with Gasteiger partial charge in [0.15, 0.2) is 0 Å². The summed E-state index contributed by atoms with van der Waals surface area (Å²) in [4.78, 5) is 25.7. The van der Waals surface area contributed by atoms with Crippen molar-refractivity contribution in [1.29, 1.82) is 0 Å². The van der Waals surface area contributed by atoms with E-state index in [0.29, 0.717) is 23.2 Å². The first-order valence-electron chi connectivity index (χ1n) is 7.62. The molecular formula is C17H18ClN3O4S. The van der Waals surface area contributed by atoms with Gasteiger partial charge in [-0.2, -0.15) is 0 Å². The summed E-state index contributed by atoms with van der Waals surface area (Å²) in [5.74, 6) is 0.0394. The van der Waals surface area contributed by atoms with Crippen LogP contribution in [0, 0.1) is 10.1 Å². The lowest BCUT2D eigenvalue weighted by molar-refractivity contribution is -0.384. The average molecular weight is 396 g/mol. The van der Waals surface area contributed by atoms with Crippen LogP contribution >= 0.6 is 22.9 Å². The van der Waals surface area contributed by atoms with Crippen LogP contribution in [0.2, 0.25) is 4.34 Å². The number of nitro groups is 1. The van der Waals surface area contributed by atoms with Gasteiger partial charge in [-0.25, -0.2) is 0 Å². The molecule has 0 atom stereocenters. The predicted molar refractivity (Wildman–Crippen MR) is 103 cm³/mol. The Hall–Kier alpha value is -2.42. The first kappa shape index (κ1) is 19.9. The molecule has 0 saturated carbocycles. The van der Waals surface area contributed by atoms with Crippen molar-refractivity contribution in [2.45, 2.75) is 6.54 Å². The molecule has 0 bridgehead atoms. The number of anilines is 1. The lowest BCUT2D eigenvalue weighted by Gasteiger charge is -2.19. The highest BCUT2D eigenvalue weighted by Gasteiger charge is 2.16. The number of nitro benzene ring substituents is 1. The fraction of sp³-hybridized carbons (Fsp3) is 0.235. The van der Waals surface area contributed by atoms with Gasteiger partial charge in [0.2, 0.25) is 5.91 Å². The first-order valence-corrected chi connectivity index (χ1v) is 8.82. The van der Waals surface area contributed by atoms with Crippen molar-refractivity contribution in [2.75, 3.05) is 25.5 Å². The molecule has 1 aromatic heterocycles. The summed E-state index contributed by atoms with van der Waals surface area (Å²) < 4.78 is 5.84. The molecule has 0 aliphatic carbocycles. The summed E-state index contributed by atoms with van der Waals surface area (Å²) in [5.41, 5.74) is 0.127. The number of benzene rings is 1. The highest BCUT2D eigenvalue weighted by Crippen LogP contribution is 2.29. The van der Waals surface area contributed by atoms with Gasteiger partial charge in [-0.3, -0.25) is 19.8 Å². The van der Waals surface area contributed by atoms with Crippen LogP contribution in [-0.4, -0.2) is 35.9 Å². The Morgan fingerprint density at radius 3 is 2.81 bits per heavy atom. The molecule has 138 valence electrons. The molecule has 0 saturated heterocycles. The van der Waals surface area contributed by atoms with E-state index in [9.17, 15) is 14.9 Å². The highest BCUT2D eigenvalue weighted by molar-refractivity contribution is 7.16. The number of nitrogens with zero attached hydrogens (tertiary/aromatic N) is 2. The zero-order valence-corrected chi connectivity index (χ0v) is 15.7.